The second-order valence-electron chi connectivity index (χ2n) is 5.44. The molecular weight excluding hydrogens is 268 g/mol. The van der Waals surface area contributed by atoms with Gasteiger partial charge >= 0.3 is 0 Å². The van der Waals surface area contributed by atoms with E-state index in [9.17, 15) is 0 Å². The molecule has 0 aliphatic carbocycles. The predicted octanol–water partition coefficient (Wildman–Crippen LogP) is 2.91. The normalized spacial score (nSPS) is 23.3. The van der Waals surface area contributed by atoms with Gasteiger partial charge in [-0.25, -0.2) is 0 Å². The molecule has 3 atom stereocenters. The largest absolute Gasteiger partial charge is 0.496 e. The summed E-state index contributed by atoms with van der Waals surface area (Å²) < 4.78 is 5.55. The fourth-order valence-electron chi connectivity index (χ4n) is 2.93. The molecule has 20 heavy (non-hydrogen) atoms. The van der Waals surface area contributed by atoms with Crippen molar-refractivity contribution in [1.82, 2.24) is 4.90 Å². The van der Waals surface area contributed by atoms with Crippen LogP contribution in [0.25, 0.3) is 0 Å². The maximum absolute atomic E-state index is 6.45. The van der Waals surface area contributed by atoms with E-state index in [4.69, 9.17) is 10.5 Å². The Morgan fingerprint density at radius 2 is 2.20 bits per heavy atom. The van der Waals surface area contributed by atoms with E-state index in [-0.39, 0.29) is 12.1 Å². The summed E-state index contributed by atoms with van der Waals surface area (Å²) in [6.45, 7) is 6.66. The number of thioether (sulfide) groups is 1. The van der Waals surface area contributed by atoms with Gasteiger partial charge in [0.1, 0.15) is 5.75 Å². The van der Waals surface area contributed by atoms with Crippen LogP contribution in [0.3, 0.4) is 0 Å². The summed E-state index contributed by atoms with van der Waals surface area (Å²) in [5.41, 5.74) is 7.67. The highest BCUT2D eigenvalue weighted by Gasteiger charge is 2.30. The first-order chi connectivity index (χ1) is 9.67. The van der Waals surface area contributed by atoms with E-state index in [1.54, 1.807) is 7.11 Å². The summed E-state index contributed by atoms with van der Waals surface area (Å²) in [6.07, 6.45) is 0.973. The highest BCUT2D eigenvalue weighted by atomic mass is 32.2. The van der Waals surface area contributed by atoms with Gasteiger partial charge in [0.25, 0.3) is 0 Å². The number of methoxy groups -OCH3 is 1. The standard InChI is InChI=1S/C16H26N2OS/c1-4-14(17)16(18-9-10-20-12(2)11-18)13-7-5-6-8-15(13)19-3/h5-8,12,14,16H,4,9-11,17H2,1-3H3. The van der Waals surface area contributed by atoms with Crippen LogP contribution in [-0.2, 0) is 0 Å². The Labute approximate surface area is 126 Å². The molecule has 1 heterocycles. The van der Waals surface area contributed by atoms with Crippen molar-refractivity contribution < 1.29 is 4.74 Å². The highest BCUT2D eigenvalue weighted by Crippen LogP contribution is 2.34. The van der Waals surface area contributed by atoms with Gasteiger partial charge in [0.05, 0.1) is 13.2 Å². The Hall–Kier alpha value is -0.710. The van der Waals surface area contributed by atoms with E-state index < -0.39 is 0 Å². The maximum atomic E-state index is 6.45. The van der Waals surface area contributed by atoms with Gasteiger partial charge < -0.3 is 10.5 Å². The predicted molar refractivity (Wildman–Crippen MR) is 87.5 cm³/mol. The lowest BCUT2D eigenvalue weighted by atomic mass is 9.95. The smallest absolute Gasteiger partial charge is 0.123 e. The lowest BCUT2D eigenvalue weighted by Crippen LogP contribution is -2.46. The molecule has 1 saturated heterocycles. The van der Waals surface area contributed by atoms with Crippen molar-refractivity contribution >= 4 is 11.8 Å². The molecule has 112 valence electrons. The molecule has 3 unspecified atom stereocenters. The lowest BCUT2D eigenvalue weighted by molar-refractivity contribution is 0.173. The third-order valence-electron chi connectivity index (χ3n) is 4.00. The number of nitrogens with zero attached hydrogens (tertiary/aromatic N) is 1. The van der Waals surface area contributed by atoms with E-state index in [0.717, 1.165) is 25.3 Å². The van der Waals surface area contributed by atoms with Crippen molar-refractivity contribution in [1.29, 1.82) is 0 Å². The third-order valence-corrected chi connectivity index (χ3v) is 5.14. The minimum absolute atomic E-state index is 0.140. The van der Waals surface area contributed by atoms with Crippen molar-refractivity contribution in [3.63, 3.8) is 0 Å². The van der Waals surface area contributed by atoms with Crippen molar-refractivity contribution in [2.45, 2.75) is 37.6 Å². The molecule has 1 fully saturated rings. The van der Waals surface area contributed by atoms with E-state index in [1.807, 2.05) is 23.9 Å². The van der Waals surface area contributed by atoms with Crippen LogP contribution in [0.4, 0.5) is 0 Å². The zero-order chi connectivity index (χ0) is 14.5. The fraction of sp³-hybridized carbons (Fsp3) is 0.625. The molecule has 2 N–H and O–H groups in total. The Morgan fingerprint density at radius 1 is 1.45 bits per heavy atom. The molecule has 0 aromatic heterocycles. The van der Waals surface area contributed by atoms with E-state index >= 15 is 0 Å². The molecule has 0 bridgehead atoms. The monoisotopic (exact) mass is 294 g/mol. The summed E-state index contributed by atoms with van der Waals surface area (Å²) in [5.74, 6) is 2.13. The summed E-state index contributed by atoms with van der Waals surface area (Å²) in [4.78, 5) is 2.53. The van der Waals surface area contributed by atoms with E-state index in [1.165, 1.54) is 11.3 Å². The van der Waals surface area contributed by atoms with Crippen LogP contribution in [0.2, 0.25) is 0 Å². The number of hydrogen-bond acceptors (Lipinski definition) is 4. The molecule has 4 heteroatoms. The fourth-order valence-corrected chi connectivity index (χ4v) is 3.97. The molecule has 0 saturated carbocycles. The Morgan fingerprint density at radius 3 is 2.85 bits per heavy atom. The molecule has 1 aromatic carbocycles. The highest BCUT2D eigenvalue weighted by molar-refractivity contribution is 7.99. The maximum Gasteiger partial charge on any atom is 0.123 e. The molecule has 0 amide bonds. The molecular formula is C16H26N2OS. The SMILES string of the molecule is CCC(N)C(c1ccccc1OC)N1CCSC(C)C1. The average Bonchev–Trinajstić information content (AvgIpc) is 2.48. The zero-order valence-electron chi connectivity index (χ0n) is 12.7. The van der Waals surface area contributed by atoms with Crippen LogP contribution < -0.4 is 10.5 Å². The first-order valence-corrected chi connectivity index (χ1v) is 8.46. The van der Waals surface area contributed by atoms with Gasteiger partial charge in [-0.1, -0.05) is 32.0 Å². The summed E-state index contributed by atoms with van der Waals surface area (Å²) in [7, 11) is 1.74. The van der Waals surface area contributed by atoms with Crippen molar-refractivity contribution in [2.75, 3.05) is 26.0 Å². The Bertz CT molecular complexity index is 427. The number of nitrogens with two attached hydrogens (primary N) is 1. The first kappa shape index (κ1) is 15.7. The number of benzene rings is 1. The molecule has 2 rings (SSSR count). The molecule has 1 aliphatic heterocycles. The number of ether oxygens (including phenoxy) is 1. The number of para-hydroxylation sites is 1. The van der Waals surface area contributed by atoms with Crippen molar-refractivity contribution in [3.05, 3.63) is 29.8 Å². The van der Waals surface area contributed by atoms with Crippen LogP contribution in [0, 0.1) is 0 Å². The van der Waals surface area contributed by atoms with Crippen LogP contribution in [0.5, 0.6) is 5.75 Å². The van der Waals surface area contributed by atoms with Gasteiger partial charge in [-0.15, -0.1) is 0 Å². The molecule has 0 spiro atoms. The number of rotatable bonds is 5. The summed E-state index contributed by atoms with van der Waals surface area (Å²) in [6, 6.07) is 8.68. The topological polar surface area (TPSA) is 38.5 Å². The molecule has 1 aliphatic rings. The van der Waals surface area contributed by atoms with Gasteiger partial charge in [0.2, 0.25) is 0 Å². The van der Waals surface area contributed by atoms with Crippen molar-refractivity contribution in [3.8, 4) is 5.75 Å². The molecule has 1 aromatic rings. The third kappa shape index (κ3) is 3.48. The lowest BCUT2D eigenvalue weighted by Gasteiger charge is -2.40. The molecule has 0 radical (unpaired) electrons. The van der Waals surface area contributed by atoms with Crippen molar-refractivity contribution in [2.24, 2.45) is 5.73 Å². The van der Waals surface area contributed by atoms with Gasteiger partial charge in [0, 0.05) is 35.7 Å². The van der Waals surface area contributed by atoms with Gasteiger partial charge in [-0.3, -0.25) is 4.90 Å². The minimum Gasteiger partial charge on any atom is -0.496 e. The summed E-state index contributed by atoms with van der Waals surface area (Å²) in [5, 5.41) is 0.671. The quantitative estimate of drug-likeness (QED) is 0.906. The molecule has 3 nitrogen and oxygen atoms in total. The Balaban J connectivity index is 2.31. The zero-order valence-corrected chi connectivity index (χ0v) is 13.5. The minimum atomic E-state index is 0.140. The van der Waals surface area contributed by atoms with E-state index in [0.29, 0.717) is 5.25 Å². The van der Waals surface area contributed by atoms with Crippen LogP contribution in [0.15, 0.2) is 24.3 Å². The first-order valence-electron chi connectivity index (χ1n) is 7.41. The number of hydrogen-bond donors (Lipinski definition) is 1. The average molecular weight is 294 g/mol. The van der Waals surface area contributed by atoms with Gasteiger partial charge in [0.15, 0.2) is 0 Å². The van der Waals surface area contributed by atoms with Crippen LogP contribution in [-0.4, -0.2) is 42.1 Å². The van der Waals surface area contributed by atoms with Gasteiger partial charge in [-0.2, -0.15) is 11.8 Å². The van der Waals surface area contributed by atoms with E-state index in [2.05, 4.69) is 30.9 Å². The van der Waals surface area contributed by atoms with Crippen LogP contribution >= 0.6 is 11.8 Å². The second-order valence-corrected chi connectivity index (χ2v) is 6.98. The Kier molecular flexibility index (Phi) is 5.75. The second kappa shape index (κ2) is 7.34. The van der Waals surface area contributed by atoms with Crippen LogP contribution in [0.1, 0.15) is 31.9 Å². The summed E-state index contributed by atoms with van der Waals surface area (Å²) >= 11 is 2.05. The van der Waals surface area contributed by atoms with Gasteiger partial charge in [-0.05, 0) is 12.5 Å².